The smallest absolute Gasteiger partial charge is 0.317 e. The van der Waals surface area contributed by atoms with Gasteiger partial charge in [0.15, 0.2) is 0 Å². The second-order valence-corrected chi connectivity index (χ2v) is 11.2. The third-order valence-corrected chi connectivity index (χ3v) is 8.62. The van der Waals surface area contributed by atoms with Crippen molar-refractivity contribution in [1.82, 2.24) is 25.2 Å². The zero-order chi connectivity index (χ0) is 22.3. The third-order valence-electron chi connectivity index (χ3n) is 8.62. The van der Waals surface area contributed by atoms with E-state index in [9.17, 15) is 4.79 Å². The van der Waals surface area contributed by atoms with E-state index in [4.69, 9.17) is 4.52 Å². The van der Waals surface area contributed by atoms with Crippen molar-refractivity contribution in [2.24, 2.45) is 0 Å². The molecule has 1 aromatic rings. The number of amides is 2. The molecular formula is C25H41N5O2. The van der Waals surface area contributed by atoms with Gasteiger partial charge in [-0.1, -0.05) is 12.1 Å². The number of carbonyl (C=O) groups is 1. The van der Waals surface area contributed by atoms with Crippen LogP contribution in [0.15, 0.2) is 10.6 Å². The fourth-order valence-electron chi connectivity index (χ4n) is 5.97. The first-order valence-electron chi connectivity index (χ1n) is 12.9. The molecule has 4 aliphatic rings. The topological polar surface area (TPSA) is 64.8 Å². The average Bonchev–Trinajstić information content (AvgIpc) is 3.32. The Morgan fingerprint density at radius 1 is 1.09 bits per heavy atom. The van der Waals surface area contributed by atoms with Gasteiger partial charge in [0.25, 0.3) is 0 Å². The molecule has 0 spiro atoms. The highest BCUT2D eigenvalue weighted by molar-refractivity contribution is 5.74. The van der Waals surface area contributed by atoms with Gasteiger partial charge in [-0.25, -0.2) is 4.79 Å². The molecule has 2 atom stereocenters. The third kappa shape index (κ3) is 4.56. The highest BCUT2D eigenvalue weighted by atomic mass is 16.5. The van der Waals surface area contributed by atoms with Gasteiger partial charge in [-0.2, -0.15) is 0 Å². The number of piperidine rings is 1. The Morgan fingerprint density at radius 2 is 1.81 bits per heavy atom. The first-order valence-corrected chi connectivity index (χ1v) is 12.9. The summed E-state index contributed by atoms with van der Waals surface area (Å²) in [6.45, 7) is 13.0. The molecule has 7 heteroatoms. The summed E-state index contributed by atoms with van der Waals surface area (Å²) in [5.41, 5.74) is 1.09. The fourth-order valence-corrected chi connectivity index (χ4v) is 5.97. The number of hydrogen-bond donors (Lipinski definition) is 1. The van der Waals surface area contributed by atoms with Crippen LogP contribution in [0, 0.1) is 0 Å². The molecule has 2 saturated heterocycles. The summed E-state index contributed by atoms with van der Waals surface area (Å²) < 4.78 is 5.61. The number of urea groups is 1. The first kappa shape index (κ1) is 22.2. The maximum absolute atomic E-state index is 13.1. The number of carbonyl (C=O) groups excluding carboxylic acids is 1. The summed E-state index contributed by atoms with van der Waals surface area (Å²) in [5.74, 6) is 1.65. The zero-order valence-electron chi connectivity index (χ0n) is 20.2. The van der Waals surface area contributed by atoms with Gasteiger partial charge in [0.2, 0.25) is 0 Å². The lowest BCUT2D eigenvalue weighted by atomic mass is 9.77. The Balaban J connectivity index is 1.12. The van der Waals surface area contributed by atoms with Crippen molar-refractivity contribution in [3.05, 3.63) is 17.5 Å². The molecule has 178 valence electrons. The molecule has 32 heavy (non-hydrogen) atoms. The summed E-state index contributed by atoms with van der Waals surface area (Å²) in [6, 6.07) is 3.72. The van der Waals surface area contributed by atoms with E-state index in [0.717, 1.165) is 70.0 Å². The number of likely N-dealkylation sites (tertiary alicyclic amines) is 1. The second-order valence-electron chi connectivity index (χ2n) is 11.2. The Bertz CT molecular complexity index is 788. The van der Waals surface area contributed by atoms with Crippen LogP contribution in [0.2, 0.25) is 0 Å². The van der Waals surface area contributed by atoms with Crippen LogP contribution in [-0.4, -0.2) is 83.3 Å². The molecular weight excluding hydrogens is 402 g/mol. The number of aromatic nitrogens is 1. The van der Waals surface area contributed by atoms with Gasteiger partial charge in [-0.05, 0) is 58.8 Å². The molecule has 2 amide bonds. The Labute approximate surface area is 192 Å². The molecule has 0 aromatic carbocycles. The van der Waals surface area contributed by atoms with Crippen molar-refractivity contribution in [3.63, 3.8) is 0 Å². The molecule has 2 aliphatic carbocycles. The molecule has 4 fully saturated rings. The summed E-state index contributed by atoms with van der Waals surface area (Å²) in [5, 5.41) is 7.82. The van der Waals surface area contributed by atoms with Crippen LogP contribution in [0.4, 0.5) is 4.79 Å². The van der Waals surface area contributed by atoms with Gasteiger partial charge >= 0.3 is 6.03 Å². The lowest BCUT2D eigenvalue weighted by molar-refractivity contribution is 0.0702. The SMILES string of the molecule is CC(C)N1CCN([C@H]2CCC[C@@H]2NC(=O)N2CCC(C)(c3cc(C4CC4)on3)CC2)CC1. The van der Waals surface area contributed by atoms with E-state index >= 15 is 0 Å². The fraction of sp³-hybridized carbons (Fsp3) is 0.840. The van der Waals surface area contributed by atoms with Crippen LogP contribution < -0.4 is 5.32 Å². The van der Waals surface area contributed by atoms with Crippen molar-refractivity contribution in [2.75, 3.05) is 39.3 Å². The average molecular weight is 444 g/mol. The van der Waals surface area contributed by atoms with Gasteiger partial charge in [-0.15, -0.1) is 0 Å². The number of piperazine rings is 1. The minimum absolute atomic E-state index is 0.0133. The standard InChI is InChI=1S/C25H41N5O2/c1-18(2)28-13-15-29(16-14-28)21-6-4-5-20(21)26-24(31)30-11-9-25(3,10-12-30)23-17-22(32-27-23)19-7-8-19/h17-21H,4-16H2,1-3H3,(H,26,31)/t20-,21-/m0/s1. The van der Waals surface area contributed by atoms with Gasteiger partial charge in [0.1, 0.15) is 5.76 Å². The molecule has 3 heterocycles. The van der Waals surface area contributed by atoms with Gasteiger partial charge < -0.3 is 14.7 Å². The number of nitrogens with one attached hydrogen (secondary N) is 1. The minimum atomic E-state index is 0.0133. The van der Waals surface area contributed by atoms with Crippen molar-refractivity contribution in [1.29, 1.82) is 0 Å². The second kappa shape index (κ2) is 8.98. The molecule has 1 N–H and O–H groups in total. The maximum Gasteiger partial charge on any atom is 0.317 e. The van der Waals surface area contributed by atoms with E-state index in [1.54, 1.807) is 0 Å². The number of rotatable bonds is 5. The highest BCUT2D eigenvalue weighted by Crippen LogP contribution is 2.43. The molecule has 7 nitrogen and oxygen atoms in total. The lowest BCUT2D eigenvalue weighted by Crippen LogP contribution is -2.58. The maximum atomic E-state index is 13.1. The van der Waals surface area contributed by atoms with E-state index < -0.39 is 0 Å². The summed E-state index contributed by atoms with van der Waals surface area (Å²) >= 11 is 0. The molecule has 1 aromatic heterocycles. The van der Waals surface area contributed by atoms with E-state index in [1.165, 1.54) is 25.7 Å². The van der Waals surface area contributed by atoms with Crippen LogP contribution in [0.3, 0.4) is 0 Å². The molecule has 0 unspecified atom stereocenters. The lowest BCUT2D eigenvalue weighted by Gasteiger charge is -2.42. The molecule has 0 radical (unpaired) electrons. The van der Waals surface area contributed by atoms with Crippen molar-refractivity contribution < 1.29 is 9.32 Å². The molecule has 0 bridgehead atoms. The van der Waals surface area contributed by atoms with Crippen LogP contribution in [-0.2, 0) is 5.41 Å². The summed E-state index contributed by atoms with van der Waals surface area (Å²) in [7, 11) is 0. The van der Waals surface area contributed by atoms with Crippen LogP contribution in [0.25, 0.3) is 0 Å². The first-order chi connectivity index (χ1) is 15.4. The van der Waals surface area contributed by atoms with Gasteiger partial charge in [0.05, 0.1) is 5.69 Å². The monoisotopic (exact) mass is 443 g/mol. The Morgan fingerprint density at radius 3 is 2.47 bits per heavy atom. The van der Waals surface area contributed by atoms with Crippen LogP contribution >= 0.6 is 0 Å². The Hall–Kier alpha value is -1.60. The van der Waals surface area contributed by atoms with E-state index in [1.807, 2.05) is 4.90 Å². The molecule has 2 saturated carbocycles. The number of hydrogen-bond acceptors (Lipinski definition) is 5. The summed E-state index contributed by atoms with van der Waals surface area (Å²) in [4.78, 5) is 20.3. The van der Waals surface area contributed by atoms with E-state index in [2.05, 4.69) is 47.1 Å². The zero-order valence-corrected chi connectivity index (χ0v) is 20.2. The van der Waals surface area contributed by atoms with Gasteiger partial charge in [0, 0.05) is 74.8 Å². The number of nitrogens with zero attached hydrogens (tertiary/aromatic N) is 4. The quantitative estimate of drug-likeness (QED) is 0.754. The van der Waals surface area contributed by atoms with Crippen molar-refractivity contribution in [3.8, 4) is 0 Å². The largest absolute Gasteiger partial charge is 0.361 e. The normalized spacial score (nSPS) is 29.6. The molecule has 2 aliphatic heterocycles. The summed E-state index contributed by atoms with van der Waals surface area (Å²) in [6.07, 6.45) is 7.89. The van der Waals surface area contributed by atoms with Crippen LogP contribution in [0.1, 0.15) is 83.1 Å². The van der Waals surface area contributed by atoms with Crippen LogP contribution in [0.5, 0.6) is 0 Å². The predicted molar refractivity (Wildman–Crippen MR) is 125 cm³/mol. The van der Waals surface area contributed by atoms with E-state index in [0.29, 0.717) is 18.0 Å². The predicted octanol–water partition coefficient (Wildman–Crippen LogP) is 3.56. The van der Waals surface area contributed by atoms with Crippen molar-refractivity contribution in [2.45, 2.75) is 95.2 Å². The van der Waals surface area contributed by atoms with E-state index in [-0.39, 0.29) is 17.5 Å². The highest BCUT2D eigenvalue weighted by Gasteiger charge is 2.39. The Kier molecular flexibility index (Phi) is 6.23. The minimum Gasteiger partial charge on any atom is -0.361 e. The molecule has 5 rings (SSSR count). The van der Waals surface area contributed by atoms with Crippen molar-refractivity contribution >= 4 is 6.03 Å². The van der Waals surface area contributed by atoms with Gasteiger partial charge in [-0.3, -0.25) is 9.80 Å².